The molecule has 3 unspecified atom stereocenters. The topological polar surface area (TPSA) is 75.8 Å². The minimum Gasteiger partial charge on any atom is -0.497 e. The molecule has 3 aromatic carbocycles. The summed E-state index contributed by atoms with van der Waals surface area (Å²) < 4.78 is 5.36. The maximum Gasteiger partial charge on any atom is 0.233 e. The van der Waals surface area contributed by atoms with Crippen LogP contribution in [0.1, 0.15) is 56.2 Å². The molecule has 5 nitrogen and oxygen atoms in total. The highest BCUT2D eigenvalue weighted by atomic mass is 28.4. The predicted molar refractivity (Wildman–Crippen MR) is 154 cm³/mol. The van der Waals surface area contributed by atoms with Crippen molar-refractivity contribution >= 4 is 25.6 Å². The second kappa shape index (κ2) is 10.7. The number of carbonyl (C=O) groups is 1. The van der Waals surface area contributed by atoms with Crippen molar-refractivity contribution in [2.75, 3.05) is 17.7 Å². The molecule has 0 aliphatic carbocycles. The third-order valence-corrected chi connectivity index (χ3v) is 11.9. The van der Waals surface area contributed by atoms with Crippen molar-refractivity contribution in [3.05, 3.63) is 90.0 Å². The van der Waals surface area contributed by atoms with E-state index in [0.717, 1.165) is 36.3 Å². The third-order valence-electron chi connectivity index (χ3n) is 8.35. The molecule has 1 fully saturated rings. The van der Waals surface area contributed by atoms with Crippen molar-refractivity contribution < 1.29 is 14.3 Å². The SMILES string of the molecule is COc1ccc(C2C(CCC(CC(C)(C)[Si](C)(C)O)c3ccccc3)C(=O)N2c2ccc(N)cc2)cc1. The number of benzene rings is 3. The predicted octanol–water partition coefficient (Wildman–Crippen LogP) is 6.91. The highest BCUT2D eigenvalue weighted by Gasteiger charge is 2.49. The Balaban J connectivity index is 1.61. The lowest BCUT2D eigenvalue weighted by Gasteiger charge is -2.48. The number of β-lactam (4-membered cyclic amide) rings is 1. The van der Waals surface area contributed by atoms with Gasteiger partial charge >= 0.3 is 0 Å². The number of methoxy groups -OCH3 is 1. The van der Waals surface area contributed by atoms with Crippen LogP contribution in [-0.4, -0.2) is 26.1 Å². The zero-order chi connectivity index (χ0) is 26.8. The van der Waals surface area contributed by atoms with Gasteiger partial charge in [-0.05, 0) is 90.8 Å². The second-order valence-electron chi connectivity index (χ2n) is 11.5. The van der Waals surface area contributed by atoms with E-state index in [1.54, 1.807) is 7.11 Å². The molecule has 6 heteroatoms. The highest BCUT2D eigenvalue weighted by molar-refractivity contribution is 6.72. The summed E-state index contributed by atoms with van der Waals surface area (Å²) in [6.45, 7) is 8.42. The van der Waals surface area contributed by atoms with Gasteiger partial charge < -0.3 is 20.2 Å². The molecule has 0 radical (unpaired) electrons. The number of carbonyl (C=O) groups excluding carboxylic acids is 1. The number of amides is 1. The van der Waals surface area contributed by atoms with E-state index in [9.17, 15) is 9.59 Å². The van der Waals surface area contributed by atoms with Crippen molar-refractivity contribution in [2.45, 2.75) is 63.2 Å². The van der Waals surface area contributed by atoms with Crippen molar-refractivity contribution in [1.82, 2.24) is 0 Å². The van der Waals surface area contributed by atoms with Gasteiger partial charge in [-0.2, -0.15) is 0 Å². The van der Waals surface area contributed by atoms with E-state index < -0.39 is 8.32 Å². The Morgan fingerprint density at radius 1 is 1.00 bits per heavy atom. The summed E-state index contributed by atoms with van der Waals surface area (Å²) in [4.78, 5) is 26.5. The number of anilines is 2. The number of hydrogen-bond donors (Lipinski definition) is 2. The molecule has 3 atom stereocenters. The van der Waals surface area contributed by atoms with Crippen LogP contribution in [-0.2, 0) is 4.79 Å². The first-order valence-electron chi connectivity index (χ1n) is 13.1. The molecule has 0 saturated carbocycles. The van der Waals surface area contributed by atoms with Gasteiger partial charge in [-0.25, -0.2) is 0 Å². The third kappa shape index (κ3) is 5.75. The standard InChI is InChI=1S/C31H40N2O3Si/c1-31(2,37(4,5)35)21-24(22-9-7-6-8-10-22)13-20-28-29(23-11-18-27(36-3)19-12-23)33(30(28)34)26-16-14-25(32)15-17-26/h6-12,14-19,24,28-29,35H,13,20-21,32H2,1-5H3. The van der Waals surface area contributed by atoms with E-state index in [-0.39, 0.29) is 28.8 Å². The van der Waals surface area contributed by atoms with Gasteiger partial charge in [-0.1, -0.05) is 56.3 Å². The largest absolute Gasteiger partial charge is 0.497 e. The van der Waals surface area contributed by atoms with Crippen LogP contribution in [0.5, 0.6) is 5.75 Å². The Hall–Kier alpha value is -3.09. The molecule has 1 heterocycles. The van der Waals surface area contributed by atoms with Gasteiger partial charge in [-0.15, -0.1) is 0 Å². The molecule has 0 spiro atoms. The van der Waals surface area contributed by atoms with Crippen molar-refractivity contribution in [3.8, 4) is 5.75 Å². The molecule has 0 aromatic heterocycles. The summed E-state index contributed by atoms with van der Waals surface area (Å²) in [6, 6.07) is 26.1. The van der Waals surface area contributed by atoms with Gasteiger partial charge in [-0.3, -0.25) is 4.79 Å². The zero-order valence-corrected chi connectivity index (χ0v) is 23.6. The van der Waals surface area contributed by atoms with Gasteiger partial charge in [0.15, 0.2) is 8.32 Å². The fraction of sp³-hybridized carbons (Fsp3) is 0.387. The highest BCUT2D eigenvalue weighted by Crippen LogP contribution is 2.49. The van der Waals surface area contributed by atoms with Crippen LogP contribution >= 0.6 is 0 Å². The van der Waals surface area contributed by atoms with E-state index in [0.29, 0.717) is 5.69 Å². The molecular weight excluding hydrogens is 476 g/mol. The Labute approximate surface area is 222 Å². The molecule has 1 amide bonds. The fourth-order valence-electron chi connectivity index (χ4n) is 5.29. The molecule has 3 aromatic rings. The quantitative estimate of drug-likeness (QED) is 0.174. The van der Waals surface area contributed by atoms with Crippen LogP contribution in [0.2, 0.25) is 18.1 Å². The first kappa shape index (κ1) is 27.0. The van der Waals surface area contributed by atoms with Crippen molar-refractivity contribution in [1.29, 1.82) is 0 Å². The summed E-state index contributed by atoms with van der Waals surface area (Å²) in [6.07, 6.45) is 2.56. The summed E-state index contributed by atoms with van der Waals surface area (Å²) in [5, 5.41) is -0.150. The van der Waals surface area contributed by atoms with Crippen LogP contribution in [0.4, 0.5) is 11.4 Å². The number of nitrogen functional groups attached to an aromatic ring is 1. The van der Waals surface area contributed by atoms with E-state index in [4.69, 9.17) is 10.5 Å². The van der Waals surface area contributed by atoms with Crippen molar-refractivity contribution in [2.24, 2.45) is 5.92 Å². The lowest BCUT2D eigenvalue weighted by Crippen LogP contribution is -2.55. The van der Waals surface area contributed by atoms with Crippen LogP contribution in [0.3, 0.4) is 0 Å². The average molecular weight is 517 g/mol. The Bertz CT molecular complexity index is 1190. The molecule has 4 rings (SSSR count). The molecular formula is C31H40N2O3Si. The smallest absolute Gasteiger partial charge is 0.233 e. The maximum atomic E-state index is 13.6. The van der Waals surface area contributed by atoms with Gasteiger partial charge in [0, 0.05) is 11.4 Å². The number of nitrogens with two attached hydrogens (primary N) is 1. The lowest BCUT2D eigenvalue weighted by molar-refractivity contribution is -0.130. The van der Waals surface area contributed by atoms with E-state index in [1.165, 1.54) is 5.56 Å². The van der Waals surface area contributed by atoms with Crippen molar-refractivity contribution in [3.63, 3.8) is 0 Å². The van der Waals surface area contributed by atoms with Gasteiger partial charge in [0.05, 0.1) is 19.1 Å². The van der Waals surface area contributed by atoms with E-state index >= 15 is 0 Å². The van der Waals surface area contributed by atoms with E-state index in [1.807, 2.05) is 60.5 Å². The molecule has 1 aliphatic rings. The van der Waals surface area contributed by atoms with Gasteiger partial charge in [0.25, 0.3) is 0 Å². The Kier molecular flexibility index (Phi) is 7.81. The first-order chi connectivity index (χ1) is 17.5. The number of hydrogen-bond acceptors (Lipinski definition) is 4. The normalized spacial score (nSPS) is 18.9. The Morgan fingerprint density at radius 2 is 1.62 bits per heavy atom. The summed E-state index contributed by atoms with van der Waals surface area (Å²) in [5.41, 5.74) is 9.83. The minimum atomic E-state index is -2.38. The second-order valence-corrected chi connectivity index (χ2v) is 15.9. The summed E-state index contributed by atoms with van der Waals surface area (Å²) in [7, 11) is -0.717. The maximum absolute atomic E-state index is 13.6. The number of nitrogens with zero attached hydrogens (tertiary/aromatic N) is 1. The number of ether oxygens (including phenoxy) is 1. The van der Waals surface area contributed by atoms with Crippen LogP contribution < -0.4 is 15.4 Å². The van der Waals surface area contributed by atoms with Gasteiger partial charge in [0.2, 0.25) is 5.91 Å². The monoisotopic (exact) mass is 516 g/mol. The molecule has 1 saturated heterocycles. The van der Waals surface area contributed by atoms with Crippen LogP contribution in [0, 0.1) is 5.92 Å². The molecule has 196 valence electrons. The average Bonchev–Trinajstić information content (AvgIpc) is 2.87. The minimum absolute atomic E-state index is 0.0462. The molecule has 1 aliphatic heterocycles. The number of rotatable bonds is 10. The lowest BCUT2D eigenvalue weighted by atomic mass is 9.76. The fourth-order valence-corrected chi connectivity index (χ4v) is 6.04. The molecule has 37 heavy (non-hydrogen) atoms. The molecule has 0 bridgehead atoms. The summed E-state index contributed by atoms with van der Waals surface area (Å²) >= 11 is 0. The van der Waals surface area contributed by atoms with E-state index in [2.05, 4.69) is 50.2 Å². The summed E-state index contributed by atoms with van der Waals surface area (Å²) in [5.74, 6) is 1.10. The molecule has 3 N–H and O–H groups in total. The van der Waals surface area contributed by atoms with Crippen LogP contribution in [0.15, 0.2) is 78.9 Å². The van der Waals surface area contributed by atoms with Gasteiger partial charge in [0.1, 0.15) is 5.75 Å². The van der Waals surface area contributed by atoms with Crippen LogP contribution in [0.25, 0.3) is 0 Å². The Morgan fingerprint density at radius 3 is 2.19 bits per heavy atom. The zero-order valence-electron chi connectivity index (χ0n) is 22.6. The first-order valence-corrected chi connectivity index (χ1v) is 16.1.